The number of ether oxygens (including phenoxy) is 1. The highest BCUT2D eigenvalue weighted by Gasteiger charge is 2.22. The third-order valence-electron chi connectivity index (χ3n) is 3.72. The molecular weight excluding hydrogens is 275 g/mol. The third kappa shape index (κ3) is 3.72. The van der Waals surface area contributed by atoms with Crippen LogP contribution in [0.15, 0.2) is 12.1 Å². The van der Waals surface area contributed by atoms with Crippen LogP contribution < -0.4 is 15.8 Å². The van der Waals surface area contributed by atoms with Gasteiger partial charge in [0.05, 0.1) is 18.0 Å². The van der Waals surface area contributed by atoms with Crippen LogP contribution in [-0.4, -0.2) is 24.2 Å². The number of nitrogens with one attached hydrogen (secondary N) is 1. The number of hydrogen-bond donors (Lipinski definition) is 2. The van der Waals surface area contributed by atoms with Gasteiger partial charge in [-0.25, -0.2) is 4.39 Å². The molecule has 1 aliphatic carbocycles. The molecule has 5 heteroatoms. The number of thioether (sulfide) groups is 1. The van der Waals surface area contributed by atoms with Crippen LogP contribution in [0, 0.1) is 5.82 Å². The zero-order valence-electron chi connectivity index (χ0n) is 12.1. The average Bonchev–Trinajstić information content (AvgIpc) is 2.44. The number of nitrogens with two attached hydrogens (primary N) is 1. The van der Waals surface area contributed by atoms with E-state index in [1.54, 1.807) is 6.07 Å². The van der Waals surface area contributed by atoms with Gasteiger partial charge in [-0.15, -0.1) is 0 Å². The van der Waals surface area contributed by atoms with E-state index in [0.29, 0.717) is 23.6 Å². The molecule has 0 aliphatic heterocycles. The Labute approximate surface area is 124 Å². The van der Waals surface area contributed by atoms with Crippen molar-refractivity contribution in [1.29, 1.82) is 0 Å². The van der Waals surface area contributed by atoms with E-state index in [-0.39, 0.29) is 5.75 Å². The van der Waals surface area contributed by atoms with E-state index < -0.39 is 5.82 Å². The first-order valence-electron chi connectivity index (χ1n) is 7.15. The molecule has 3 nitrogen and oxygen atoms in total. The van der Waals surface area contributed by atoms with E-state index in [0.717, 1.165) is 18.5 Å². The minimum absolute atomic E-state index is 0.265. The molecule has 0 saturated heterocycles. The van der Waals surface area contributed by atoms with E-state index in [9.17, 15) is 4.39 Å². The molecule has 2 atom stereocenters. The first-order valence-corrected chi connectivity index (χ1v) is 8.44. The largest absolute Gasteiger partial charge is 0.491 e. The van der Waals surface area contributed by atoms with Gasteiger partial charge in [-0.2, -0.15) is 11.8 Å². The van der Waals surface area contributed by atoms with Gasteiger partial charge >= 0.3 is 0 Å². The maximum absolute atomic E-state index is 13.7. The summed E-state index contributed by atoms with van der Waals surface area (Å²) in [6, 6.07) is 3.42. The quantitative estimate of drug-likeness (QED) is 0.810. The average molecular weight is 298 g/mol. The van der Waals surface area contributed by atoms with E-state index in [1.165, 1.54) is 18.9 Å². The Morgan fingerprint density at radius 1 is 1.45 bits per heavy atom. The molecule has 20 heavy (non-hydrogen) atoms. The monoisotopic (exact) mass is 298 g/mol. The summed E-state index contributed by atoms with van der Waals surface area (Å²) in [6.45, 7) is 2.28. The standard InChI is InChI=1S/C15H23FN2OS/c1-3-19-15-9-14(13(17)8-12(15)16)18-10-5-4-6-11(7-10)20-2/h8-11,18H,3-7,17H2,1-2H3. The summed E-state index contributed by atoms with van der Waals surface area (Å²) >= 11 is 1.92. The number of hydrogen-bond acceptors (Lipinski definition) is 4. The van der Waals surface area contributed by atoms with Crippen LogP contribution >= 0.6 is 11.8 Å². The number of anilines is 2. The SMILES string of the molecule is CCOc1cc(NC2CCCC(SC)C2)c(N)cc1F. The third-order valence-corrected chi connectivity index (χ3v) is 4.82. The Bertz CT molecular complexity index is 456. The van der Waals surface area contributed by atoms with Crippen LogP contribution in [0.2, 0.25) is 0 Å². The van der Waals surface area contributed by atoms with Gasteiger partial charge in [0.15, 0.2) is 11.6 Å². The van der Waals surface area contributed by atoms with Gasteiger partial charge in [-0.05, 0) is 32.4 Å². The summed E-state index contributed by atoms with van der Waals surface area (Å²) in [5.41, 5.74) is 7.13. The molecular formula is C15H23FN2OS. The topological polar surface area (TPSA) is 47.3 Å². The highest BCUT2D eigenvalue weighted by molar-refractivity contribution is 7.99. The normalized spacial score (nSPS) is 22.6. The summed E-state index contributed by atoms with van der Waals surface area (Å²) in [6.07, 6.45) is 6.93. The molecule has 0 amide bonds. The van der Waals surface area contributed by atoms with Gasteiger partial charge in [0.1, 0.15) is 0 Å². The molecule has 112 valence electrons. The number of nitrogen functional groups attached to an aromatic ring is 1. The highest BCUT2D eigenvalue weighted by Crippen LogP contribution is 2.33. The van der Waals surface area contributed by atoms with Gasteiger partial charge in [-0.1, -0.05) is 6.42 Å². The van der Waals surface area contributed by atoms with Crippen LogP contribution in [-0.2, 0) is 0 Å². The smallest absolute Gasteiger partial charge is 0.167 e. The fourth-order valence-corrected chi connectivity index (χ4v) is 3.50. The van der Waals surface area contributed by atoms with E-state index in [2.05, 4.69) is 11.6 Å². The summed E-state index contributed by atoms with van der Waals surface area (Å²) in [4.78, 5) is 0. The molecule has 1 fully saturated rings. The molecule has 0 spiro atoms. The molecule has 1 aromatic rings. The fourth-order valence-electron chi connectivity index (χ4n) is 2.67. The predicted octanol–water partition coefficient (Wildman–Crippen LogP) is 3.89. The van der Waals surface area contributed by atoms with Crippen molar-refractivity contribution < 1.29 is 9.13 Å². The van der Waals surface area contributed by atoms with Crippen LogP contribution in [0.1, 0.15) is 32.6 Å². The Balaban J connectivity index is 2.10. The van der Waals surface area contributed by atoms with E-state index in [4.69, 9.17) is 10.5 Å². The first kappa shape index (κ1) is 15.3. The molecule has 2 unspecified atom stereocenters. The number of halogens is 1. The molecule has 3 N–H and O–H groups in total. The zero-order chi connectivity index (χ0) is 14.5. The highest BCUT2D eigenvalue weighted by atomic mass is 32.2. The Kier molecular flexibility index (Phi) is 5.40. The molecule has 0 heterocycles. The molecule has 0 bridgehead atoms. The van der Waals surface area contributed by atoms with Gasteiger partial charge in [0.25, 0.3) is 0 Å². The van der Waals surface area contributed by atoms with Crippen molar-refractivity contribution in [3.05, 3.63) is 17.9 Å². The van der Waals surface area contributed by atoms with E-state index >= 15 is 0 Å². The maximum atomic E-state index is 13.7. The van der Waals surface area contributed by atoms with Crippen molar-refractivity contribution in [2.75, 3.05) is 23.9 Å². The minimum Gasteiger partial charge on any atom is -0.491 e. The first-order chi connectivity index (χ1) is 9.63. The van der Waals surface area contributed by atoms with E-state index in [1.807, 2.05) is 18.7 Å². The molecule has 1 aromatic carbocycles. The Hall–Kier alpha value is -1.10. The lowest BCUT2D eigenvalue weighted by atomic mass is 9.94. The molecule has 0 aromatic heterocycles. The van der Waals surface area contributed by atoms with Gasteiger partial charge < -0.3 is 15.8 Å². The molecule has 1 aliphatic rings. The second-order valence-corrected chi connectivity index (χ2v) is 6.31. The summed E-state index contributed by atoms with van der Waals surface area (Å²) in [5.74, 6) is -0.137. The van der Waals surface area contributed by atoms with Crippen molar-refractivity contribution >= 4 is 23.1 Å². The Morgan fingerprint density at radius 2 is 2.25 bits per heavy atom. The lowest BCUT2D eigenvalue weighted by molar-refractivity contribution is 0.322. The lowest BCUT2D eigenvalue weighted by Gasteiger charge is -2.30. The summed E-state index contributed by atoms with van der Waals surface area (Å²) < 4.78 is 19.0. The van der Waals surface area contributed by atoms with Crippen LogP contribution in [0.4, 0.5) is 15.8 Å². The van der Waals surface area contributed by atoms with Gasteiger partial charge in [-0.3, -0.25) is 0 Å². The number of rotatable bonds is 5. The lowest BCUT2D eigenvalue weighted by Crippen LogP contribution is -2.28. The van der Waals surface area contributed by atoms with Gasteiger partial charge in [0.2, 0.25) is 0 Å². The Morgan fingerprint density at radius 3 is 2.95 bits per heavy atom. The van der Waals surface area contributed by atoms with Crippen LogP contribution in [0.5, 0.6) is 5.75 Å². The fraction of sp³-hybridized carbons (Fsp3) is 0.600. The van der Waals surface area contributed by atoms with Crippen molar-refractivity contribution in [3.63, 3.8) is 0 Å². The van der Waals surface area contributed by atoms with Gasteiger partial charge in [0, 0.05) is 23.4 Å². The summed E-state index contributed by atoms with van der Waals surface area (Å²) in [5, 5.41) is 4.16. The summed E-state index contributed by atoms with van der Waals surface area (Å²) in [7, 11) is 0. The van der Waals surface area contributed by atoms with Crippen molar-refractivity contribution in [3.8, 4) is 5.75 Å². The minimum atomic E-state index is -0.402. The van der Waals surface area contributed by atoms with Crippen LogP contribution in [0.25, 0.3) is 0 Å². The van der Waals surface area contributed by atoms with Crippen molar-refractivity contribution in [2.24, 2.45) is 0 Å². The predicted molar refractivity (Wildman–Crippen MR) is 85.2 cm³/mol. The van der Waals surface area contributed by atoms with Crippen molar-refractivity contribution in [2.45, 2.75) is 43.9 Å². The zero-order valence-corrected chi connectivity index (χ0v) is 12.9. The molecule has 2 rings (SSSR count). The van der Waals surface area contributed by atoms with Crippen molar-refractivity contribution in [1.82, 2.24) is 0 Å². The second kappa shape index (κ2) is 7.07. The maximum Gasteiger partial charge on any atom is 0.167 e. The number of benzene rings is 1. The molecule has 0 radical (unpaired) electrons. The molecule has 1 saturated carbocycles. The second-order valence-electron chi connectivity index (χ2n) is 5.17. The van der Waals surface area contributed by atoms with Crippen LogP contribution in [0.3, 0.4) is 0 Å².